The van der Waals surface area contributed by atoms with Crippen LogP contribution < -0.4 is 5.32 Å². The van der Waals surface area contributed by atoms with E-state index >= 15 is 0 Å². The normalized spacial score (nSPS) is 10.8. The van der Waals surface area contributed by atoms with E-state index in [4.69, 9.17) is 5.11 Å². The number of hydrogen-bond acceptors (Lipinski definition) is 5. The molecular weight excluding hydrogens is 280 g/mol. The minimum absolute atomic E-state index is 0.226. The van der Waals surface area contributed by atoms with Crippen molar-refractivity contribution in [3.8, 4) is 0 Å². The van der Waals surface area contributed by atoms with E-state index < -0.39 is 5.97 Å². The summed E-state index contributed by atoms with van der Waals surface area (Å²) in [5.74, 6) is -1.24. The van der Waals surface area contributed by atoms with Crippen molar-refractivity contribution in [2.75, 3.05) is 0 Å². The van der Waals surface area contributed by atoms with Gasteiger partial charge in [0.25, 0.3) is 5.91 Å². The van der Waals surface area contributed by atoms with Crippen molar-refractivity contribution in [1.82, 2.24) is 10.5 Å². The van der Waals surface area contributed by atoms with Crippen LogP contribution in [0.5, 0.6) is 0 Å². The predicted octanol–water partition coefficient (Wildman–Crippen LogP) is 2.07. The number of carboxylic acids is 1. The maximum Gasteiger partial charge on any atom is 0.328 e. The van der Waals surface area contributed by atoms with Crippen LogP contribution in [0, 0.1) is 6.92 Å². The van der Waals surface area contributed by atoms with Gasteiger partial charge in [0.2, 0.25) is 0 Å². The molecular formula is C13H12N2O4S. The van der Waals surface area contributed by atoms with Crippen LogP contribution in [-0.2, 0) is 11.3 Å². The van der Waals surface area contributed by atoms with Crippen LogP contribution in [0.1, 0.15) is 25.8 Å². The van der Waals surface area contributed by atoms with Crippen LogP contribution in [0.3, 0.4) is 0 Å². The van der Waals surface area contributed by atoms with Crippen LogP contribution in [-0.4, -0.2) is 22.1 Å². The standard InChI is InChI=1S/C13H12N2O4S/c1-8-6-11(20-10(8)2-3-12(16)17)13(18)14-7-9-4-5-19-15-9/h2-6H,7H2,1H3,(H,14,18)(H,16,17)/b3-2+. The number of nitrogens with zero attached hydrogens (tertiary/aromatic N) is 1. The molecule has 0 aliphatic carbocycles. The summed E-state index contributed by atoms with van der Waals surface area (Å²) in [6.45, 7) is 2.11. The first-order valence-electron chi connectivity index (χ1n) is 5.75. The van der Waals surface area contributed by atoms with Crippen LogP contribution >= 0.6 is 11.3 Å². The highest BCUT2D eigenvalue weighted by atomic mass is 32.1. The Hall–Kier alpha value is -2.41. The molecule has 0 radical (unpaired) electrons. The zero-order valence-corrected chi connectivity index (χ0v) is 11.4. The summed E-state index contributed by atoms with van der Waals surface area (Å²) in [7, 11) is 0. The highest BCUT2D eigenvalue weighted by Gasteiger charge is 2.11. The van der Waals surface area contributed by atoms with Gasteiger partial charge in [0.1, 0.15) is 12.0 Å². The maximum absolute atomic E-state index is 11.9. The Kier molecular flexibility index (Phi) is 4.31. The minimum Gasteiger partial charge on any atom is -0.478 e. The monoisotopic (exact) mass is 292 g/mol. The lowest BCUT2D eigenvalue weighted by Gasteiger charge is -1.99. The van der Waals surface area contributed by atoms with E-state index in [9.17, 15) is 9.59 Å². The predicted molar refractivity (Wildman–Crippen MR) is 73.4 cm³/mol. The fraction of sp³-hybridized carbons (Fsp3) is 0.154. The number of thiophene rings is 1. The molecule has 0 fully saturated rings. The minimum atomic E-state index is -1.02. The fourth-order valence-corrected chi connectivity index (χ4v) is 2.50. The van der Waals surface area contributed by atoms with Gasteiger partial charge in [-0.15, -0.1) is 11.3 Å². The van der Waals surface area contributed by atoms with Gasteiger partial charge in [0, 0.05) is 17.0 Å². The van der Waals surface area contributed by atoms with Crippen LogP contribution in [0.4, 0.5) is 0 Å². The van der Waals surface area contributed by atoms with Crippen molar-refractivity contribution in [1.29, 1.82) is 0 Å². The summed E-state index contributed by atoms with van der Waals surface area (Å²) < 4.78 is 4.67. The molecule has 0 aliphatic rings. The number of amides is 1. The van der Waals surface area contributed by atoms with Gasteiger partial charge in [-0.3, -0.25) is 4.79 Å². The molecule has 2 aromatic rings. The first-order chi connectivity index (χ1) is 9.56. The van der Waals surface area contributed by atoms with E-state index in [1.165, 1.54) is 23.7 Å². The van der Waals surface area contributed by atoms with E-state index in [-0.39, 0.29) is 12.5 Å². The smallest absolute Gasteiger partial charge is 0.328 e. The summed E-state index contributed by atoms with van der Waals surface area (Å²) in [4.78, 5) is 23.7. The van der Waals surface area contributed by atoms with Gasteiger partial charge in [-0.1, -0.05) is 5.16 Å². The highest BCUT2D eigenvalue weighted by molar-refractivity contribution is 7.15. The number of carbonyl (C=O) groups excluding carboxylic acids is 1. The van der Waals surface area contributed by atoms with E-state index in [1.807, 2.05) is 6.92 Å². The molecule has 2 rings (SSSR count). The molecule has 0 spiro atoms. The Morgan fingerprint density at radius 1 is 1.55 bits per heavy atom. The molecule has 6 nitrogen and oxygen atoms in total. The number of rotatable bonds is 5. The lowest BCUT2D eigenvalue weighted by atomic mass is 10.2. The molecule has 0 aromatic carbocycles. The van der Waals surface area contributed by atoms with Crippen LogP contribution in [0.15, 0.2) is 29.0 Å². The van der Waals surface area contributed by atoms with E-state index in [0.29, 0.717) is 10.6 Å². The van der Waals surface area contributed by atoms with Gasteiger partial charge in [-0.25, -0.2) is 4.79 Å². The quantitative estimate of drug-likeness (QED) is 0.823. The molecule has 0 saturated heterocycles. The largest absolute Gasteiger partial charge is 0.478 e. The number of nitrogens with one attached hydrogen (secondary N) is 1. The first-order valence-corrected chi connectivity index (χ1v) is 6.57. The van der Waals surface area contributed by atoms with Gasteiger partial charge in [-0.2, -0.15) is 0 Å². The molecule has 2 heterocycles. The van der Waals surface area contributed by atoms with Crippen LogP contribution in [0.2, 0.25) is 0 Å². The van der Waals surface area contributed by atoms with Crippen molar-refractivity contribution in [2.45, 2.75) is 13.5 Å². The summed E-state index contributed by atoms with van der Waals surface area (Å²) >= 11 is 1.24. The van der Waals surface area contributed by atoms with Crippen molar-refractivity contribution in [3.05, 3.63) is 45.5 Å². The van der Waals surface area contributed by atoms with Gasteiger partial charge in [0.05, 0.1) is 11.4 Å². The first kappa shape index (κ1) is 14.0. The van der Waals surface area contributed by atoms with E-state index in [2.05, 4.69) is 15.0 Å². The molecule has 7 heteroatoms. The molecule has 2 N–H and O–H groups in total. The number of aliphatic carboxylic acids is 1. The van der Waals surface area contributed by atoms with Crippen molar-refractivity contribution in [3.63, 3.8) is 0 Å². The zero-order chi connectivity index (χ0) is 14.5. The molecule has 0 unspecified atom stereocenters. The van der Waals surface area contributed by atoms with E-state index in [1.54, 1.807) is 12.1 Å². The van der Waals surface area contributed by atoms with Gasteiger partial charge in [0.15, 0.2) is 0 Å². The summed E-state index contributed by atoms with van der Waals surface area (Å²) in [6.07, 6.45) is 3.97. The van der Waals surface area contributed by atoms with Gasteiger partial charge in [-0.05, 0) is 24.6 Å². The third kappa shape index (κ3) is 3.55. The Morgan fingerprint density at radius 3 is 3.00 bits per heavy atom. The van der Waals surface area contributed by atoms with E-state index in [0.717, 1.165) is 16.5 Å². The number of hydrogen-bond donors (Lipinski definition) is 2. The maximum atomic E-state index is 11.9. The summed E-state index contributed by atoms with van der Waals surface area (Å²) in [5.41, 5.74) is 1.50. The molecule has 0 aliphatic heterocycles. The SMILES string of the molecule is Cc1cc(C(=O)NCc2ccon2)sc1/C=C/C(=O)O. The lowest BCUT2D eigenvalue weighted by Crippen LogP contribution is -2.21. The average Bonchev–Trinajstić information content (AvgIpc) is 3.03. The Morgan fingerprint density at radius 2 is 2.35 bits per heavy atom. The fourth-order valence-electron chi connectivity index (χ4n) is 1.51. The second-order valence-electron chi connectivity index (χ2n) is 4.00. The zero-order valence-electron chi connectivity index (χ0n) is 10.6. The number of aromatic nitrogens is 1. The van der Waals surface area contributed by atoms with Gasteiger partial charge < -0.3 is 14.9 Å². The third-order valence-corrected chi connectivity index (χ3v) is 3.68. The Labute approximate surface area is 118 Å². The topological polar surface area (TPSA) is 92.4 Å². The second kappa shape index (κ2) is 6.16. The lowest BCUT2D eigenvalue weighted by molar-refractivity contribution is -0.131. The molecule has 0 saturated carbocycles. The third-order valence-electron chi connectivity index (χ3n) is 2.48. The highest BCUT2D eigenvalue weighted by Crippen LogP contribution is 2.23. The molecule has 1 amide bonds. The Balaban J connectivity index is 2.03. The van der Waals surface area contributed by atoms with Gasteiger partial charge >= 0.3 is 5.97 Å². The summed E-state index contributed by atoms with van der Waals surface area (Å²) in [6, 6.07) is 3.39. The van der Waals surface area contributed by atoms with Crippen LogP contribution in [0.25, 0.3) is 6.08 Å². The average molecular weight is 292 g/mol. The number of carbonyl (C=O) groups is 2. The molecule has 2 aromatic heterocycles. The van der Waals surface area contributed by atoms with Crippen molar-refractivity contribution >= 4 is 29.3 Å². The number of aryl methyl sites for hydroxylation is 1. The van der Waals surface area contributed by atoms with Crippen molar-refractivity contribution < 1.29 is 19.2 Å². The molecule has 0 atom stereocenters. The number of carboxylic acid groups (broad SMARTS) is 1. The molecule has 20 heavy (non-hydrogen) atoms. The Bertz CT molecular complexity index is 643. The molecule has 0 bridgehead atoms. The second-order valence-corrected chi connectivity index (χ2v) is 5.09. The van der Waals surface area contributed by atoms with Crippen molar-refractivity contribution in [2.24, 2.45) is 0 Å². The summed E-state index contributed by atoms with van der Waals surface area (Å²) in [5, 5.41) is 15.0. The molecule has 104 valence electrons.